The summed E-state index contributed by atoms with van der Waals surface area (Å²) in [6, 6.07) is 13.2. The van der Waals surface area contributed by atoms with Crippen molar-refractivity contribution in [3.05, 3.63) is 70.8 Å². The molecular weight excluding hydrogens is 314 g/mol. The molecule has 3 rings (SSSR count). The summed E-state index contributed by atoms with van der Waals surface area (Å²) in [6.07, 6.45) is 3.57. The summed E-state index contributed by atoms with van der Waals surface area (Å²) in [5, 5.41) is 10.4. The molecule has 4 heteroatoms. The second-order valence-electron chi connectivity index (χ2n) is 6.24. The molecule has 0 amide bonds. The van der Waals surface area contributed by atoms with Crippen LogP contribution in [0.2, 0.25) is 0 Å². The van der Waals surface area contributed by atoms with Crippen molar-refractivity contribution in [2.24, 2.45) is 0 Å². The third-order valence-electron chi connectivity index (χ3n) is 4.35. The number of carbonyl (C=O) groups is 1. The van der Waals surface area contributed by atoms with Gasteiger partial charge in [-0.25, -0.2) is 0 Å². The number of hydrogen-bond acceptors (Lipinski definition) is 4. The Morgan fingerprint density at radius 2 is 1.72 bits per heavy atom. The third kappa shape index (κ3) is 3.49. The SMILES string of the molecule is CC1=C(/C=C/c2ccc(C=O)cc2)C(O)Oc2cc(N(C)C)ccc21. The molecule has 1 unspecified atom stereocenters. The van der Waals surface area contributed by atoms with Crippen LogP contribution in [0.15, 0.2) is 54.1 Å². The fourth-order valence-corrected chi connectivity index (χ4v) is 2.80. The van der Waals surface area contributed by atoms with Crippen LogP contribution < -0.4 is 9.64 Å². The number of anilines is 1. The minimum absolute atomic E-state index is 0.638. The van der Waals surface area contributed by atoms with Gasteiger partial charge in [0.05, 0.1) is 0 Å². The van der Waals surface area contributed by atoms with E-state index in [9.17, 15) is 9.90 Å². The first-order valence-corrected chi connectivity index (χ1v) is 8.10. The lowest BCUT2D eigenvalue weighted by Gasteiger charge is -2.26. The van der Waals surface area contributed by atoms with Crippen LogP contribution in [-0.2, 0) is 0 Å². The van der Waals surface area contributed by atoms with E-state index in [0.717, 1.165) is 34.2 Å². The van der Waals surface area contributed by atoms with Gasteiger partial charge >= 0.3 is 0 Å². The molecule has 2 aromatic rings. The number of aliphatic hydroxyl groups is 1. The first-order valence-electron chi connectivity index (χ1n) is 8.10. The molecule has 128 valence electrons. The Morgan fingerprint density at radius 1 is 1.04 bits per heavy atom. The van der Waals surface area contributed by atoms with Crippen LogP contribution in [0.1, 0.15) is 28.4 Å². The van der Waals surface area contributed by atoms with E-state index in [1.54, 1.807) is 12.1 Å². The van der Waals surface area contributed by atoms with Gasteiger partial charge in [0.15, 0.2) is 0 Å². The molecule has 0 saturated heterocycles. The molecule has 0 radical (unpaired) electrons. The Balaban J connectivity index is 1.93. The summed E-state index contributed by atoms with van der Waals surface area (Å²) in [6.45, 7) is 1.98. The van der Waals surface area contributed by atoms with Crippen molar-refractivity contribution in [3.63, 3.8) is 0 Å². The minimum atomic E-state index is -1.00. The normalized spacial score (nSPS) is 16.6. The zero-order valence-corrected chi connectivity index (χ0v) is 14.6. The van der Waals surface area contributed by atoms with E-state index < -0.39 is 6.29 Å². The Bertz CT molecular complexity index is 848. The summed E-state index contributed by atoms with van der Waals surface area (Å²) in [5.74, 6) is 0.684. The molecule has 1 aliphatic heterocycles. The molecule has 25 heavy (non-hydrogen) atoms. The van der Waals surface area contributed by atoms with Gasteiger partial charge in [-0.2, -0.15) is 0 Å². The molecule has 1 N–H and O–H groups in total. The topological polar surface area (TPSA) is 49.8 Å². The van der Waals surface area contributed by atoms with E-state index in [-0.39, 0.29) is 0 Å². The number of carbonyl (C=O) groups excluding carboxylic acids is 1. The van der Waals surface area contributed by atoms with Crippen LogP contribution in [0.4, 0.5) is 5.69 Å². The van der Waals surface area contributed by atoms with Gasteiger partial charge in [0.2, 0.25) is 6.29 Å². The lowest BCUT2D eigenvalue weighted by Crippen LogP contribution is -2.23. The van der Waals surface area contributed by atoms with E-state index in [2.05, 4.69) is 0 Å². The van der Waals surface area contributed by atoms with Gasteiger partial charge in [-0.15, -0.1) is 0 Å². The maximum atomic E-state index is 10.7. The van der Waals surface area contributed by atoms with Gasteiger partial charge in [0, 0.05) is 42.5 Å². The number of fused-ring (bicyclic) bond motifs is 1. The molecule has 0 saturated carbocycles. The van der Waals surface area contributed by atoms with Gasteiger partial charge in [0.1, 0.15) is 12.0 Å². The molecule has 0 fully saturated rings. The number of hydrogen-bond donors (Lipinski definition) is 1. The standard InChI is InChI=1S/C21H21NO3/c1-14-18-11-9-17(22(2)3)12-20(18)25-21(24)19(14)10-8-15-4-6-16(13-23)7-5-15/h4-13,21,24H,1-3H3/b10-8+. The largest absolute Gasteiger partial charge is 0.460 e. The number of allylic oxidation sites excluding steroid dienone is 1. The van der Waals surface area contributed by atoms with Crippen LogP contribution in [0, 0.1) is 0 Å². The highest BCUT2D eigenvalue weighted by molar-refractivity contribution is 5.79. The number of rotatable bonds is 4. The van der Waals surface area contributed by atoms with Gasteiger partial charge in [-0.1, -0.05) is 36.4 Å². The molecule has 1 aliphatic rings. The molecular formula is C21H21NO3. The fourth-order valence-electron chi connectivity index (χ4n) is 2.80. The highest BCUT2D eigenvalue weighted by Crippen LogP contribution is 2.37. The van der Waals surface area contributed by atoms with Crippen LogP contribution in [-0.4, -0.2) is 31.8 Å². The zero-order valence-electron chi connectivity index (χ0n) is 14.6. The van der Waals surface area contributed by atoms with E-state index in [1.807, 2.05) is 68.4 Å². The van der Waals surface area contributed by atoms with Crippen LogP contribution >= 0.6 is 0 Å². The van der Waals surface area contributed by atoms with E-state index in [1.165, 1.54) is 0 Å². The number of ether oxygens (including phenoxy) is 1. The highest BCUT2D eigenvalue weighted by atomic mass is 16.6. The van der Waals surface area contributed by atoms with Crippen molar-refractivity contribution in [2.75, 3.05) is 19.0 Å². The molecule has 4 nitrogen and oxygen atoms in total. The molecule has 1 atom stereocenters. The first-order chi connectivity index (χ1) is 12.0. The van der Waals surface area contributed by atoms with E-state index in [0.29, 0.717) is 11.3 Å². The molecule has 1 heterocycles. The molecule has 2 aromatic carbocycles. The molecule has 0 bridgehead atoms. The summed E-state index contributed by atoms with van der Waals surface area (Å²) in [4.78, 5) is 12.7. The highest BCUT2D eigenvalue weighted by Gasteiger charge is 2.23. The predicted octanol–water partition coefficient (Wildman–Crippen LogP) is 3.76. The third-order valence-corrected chi connectivity index (χ3v) is 4.35. The minimum Gasteiger partial charge on any atom is -0.460 e. The van der Waals surface area contributed by atoms with Gasteiger partial charge < -0.3 is 14.7 Å². The summed E-state index contributed by atoms with van der Waals surface area (Å²) in [5.41, 5.74) is 5.30. The number of nitrogens with zero attached hydrogens (tertiary/aromatic N) is 1. The Labute approximate surface area is 147 Å². The second-order valence-corrected chi connectivity index (χ2v) is 6.24. The Hall–Kier alpha value is -2.85. The fraction of sp³-hybridized carbons (Fsp3) is 0.190. The summed E-state index contributed by atoms with van der Waals surface area (Å²) in [7, 11) is 3.93. The van der Waals surface area contributed by atoms with Crippen molar-refractivity contribution in [3.8, 4) is 5.75 Å². The number of aldehydes is 1. The van der Waals surface area contributed by atoms with Crippen LogP contribution in [0.5, 0.6) is 5.75 Å². The van der Waals surface area contributed by atoms with E-state index >= 15 is 0 Å². The maximum absolute atomic E-state index is 10.7. The van der Waals surface area contributed by atoms with Crippen molar-refractivity contribution >= 4 is 23.6 Å². The maximum Gasteiger partial charge on any atom is 0.224 e. The molecule has 0 aromatic heterocycles. The average molecular weight is 335 g/mol. The number of aliphatic hydroxyl groups excluding tert-OH is 1. The monoisotopic (exact) mass is 335 g/mol. The van der Waals surface area contributed by atoms with Crippen LogP contribution in [0.25, 0.3) is 11.6 Å². The van der Waals surface area contributed by atoms with E-state index in [4.69, 9.17) is 4.74 Å². The Kier molecular flexibility index (Phi) is 4.72. The van der Waals surface area contributed by atoms with Crippen molar-refractivity contribution < 1.29 is 14.6 Å². The number of benzene rings is 2. The lowest BCUT2D eigenvalue weighted by molar-refractivity contribution is 0.0153. The van der Waals surface area contributed by atoms with Gasteiger partial charge in [0.25, 0.3) is 0 Å². The summed E-state index contributed by atoms with van der Waals surface area (Å²) >= 11 is 0. The zero-order chi connectivity index (χ0) is 18.0. The van der Waals surface area contributed by atoms with Gasteiger partial charge in [-0.05, 0) is 30.2 Å². The summed E-state index contributed by atoms with van der Waals surface area (Å²) < 4.78 is 5.70. The average Bonchev–Trinajstić information content (AvgIpc) is 2.61. The molecule has 0 spiro atoms. The first kappa shape index (κ1) is 17.0. The van der Waals surface area contributed by atoms with Crippen molar-refractivity contribution in [1.29, 1.82) is 0 Å². The van der Waals surface area contributed by atoms with Crippen molar-refractivity contribution in [2.45, 2.75) is 13.2 Å². The lowest BCUT2D eigenvalue weighted by atomic mass is 9.96. The second kappa shape index (κ2) is 6.95. The van der Waals surface area contributed by atoms with Crippen molar-refractivity contribution in [1.82, 2.24) is 0 Å². The Morgan fingerprint density at radius 3 is 2.36 bits per heavy atom. The smallest absolute Gasteiger partial charge is 0.224 e. The predicted molar refractivity (Wildman–Crippen MR) is 101 cm³/mol. The van der Waals surface area contributed by atoms with Crippen LogP contribution in [0.3, 0.4) is 0 Å². The quantitative estimate of drug-likeness (QED) is 0.864. The molecule has 0 aliphatic carbocycles. The van der Waals surface area contributed by atoms with Gasteiger partial charge in [-0.3, -0.25) is 4.79 Å².